The molecular weight excluding hydrogens is 333 g/mol. The lowest BCUT2D eigenvalue weighted by molar-refractivity contribution is 0.142. The van der Waals surface area contributed by atoms with Crippen molar-refractivity contribution in [3.63, 3.8) is 0 Å². The fraction of sp³-hybridized carbons (Fsp3) is 0.312. The minimum Gasteiger partial charge on any atom is -0.508 e. The molecule has 0 heterocycles. The molecule has 0 spiro atoms. The lowest BCUT2D eigenvalue weighted by atomic mass is 9.89. The Morgan fingerprint density at radius 1 is 1.12 bits per heavy atom. The number of phenolic OH excluding ortho intramolecular Hbond substituents is 1. The first-order valence-electron chi connectivity index (χ1n) is 7.45. The molecule has 5 N–H and O–H groups in total. The van der Waals surface area contributed by atoms with E-state index in [1.807, 2.05) is 0 Å². The average molecular weight is 353 g/mol. The van der Waals surface area contributed by atoms with E-state index in [0.717, 1.165) is 5.56 Å². The van der Waals surface area contributed by atoms with Gasteiger partial charge in [-0.3, -0.25) is 0 Å². The second-order valence-corrected chi connectivity index (χ2v) is 6.84. The summed E-state index contributed by atoms with van der Waals surface area (Å²) in [6.07, 6.45) is 4.64. The van der Waals surface area contributed by atoms with Crippen LogP contribution < -0.4 is 0 Å². The van der Waals surface area contributed by atoms with E-state index in [2.05, 4.69) is 4.76 Å². The molecule has 1 aliphatic carbocycles. The van der Waals surface area contributed by atoms with Gasteiger partial charge in [-0.25, -0.2) is 4.57 Å². The number of hydrogen-bond acceptors (Lipinski definition) is 4. The van der Waals surface area contributed by atoms with Crippen LogP contribution in [0.1, 0.15) is 18.4 Å². The van der Waals surface area contributed by atoms with Crippen LogP contribution in [-0.2, 0) is 11.0 Å². The fourth-order valence-corrected chi connectivity index (χ4v) is 3.02. The summed E-state index contributed by atoms with van der Waals surface area (Å²) in [5.41, 5.74) is 1.05. The van der Waals surface area contributed by atoms with E-state index in [4.69, 9.17) is 9.79 Å². The third kappa shape index (κ3) is 5.62. The zero-order valence-corrected chi connectivity index (χ0v) is 13.8. The van der Waals surface area contributed by atoms with Crippen molar-refractivity contribution in [2.24, 2.45) is 10.7 Å². The lowest BCUT2D eigenvalue weighted by Gasteiger charge is -2.23. The first kappa shape index (κ1) is 18.4. The largest absolute Gasteiger partial charge is 0.508 e. The molecule has 0 aromatic heterocycles. The molecule has 0 radical (unpaired) electrons. The van der Waals surface area contributed by atoms with E-state index in [0.29, 0.717) is 19.3 Å². The third-order valence-electron chi connectivity index (χ3n) is 3.68. The van der Waals surface area contributed by atoms with E-state index >= 15 is 0 Å². The Bertz CT molecular complexity index is 704. The molecule has 0 bridgehead atoms. The van der Waals surface area contributed by atoms with Crippen LogP contribution in [0.2, 0.25) is 0 Å². The fourth-order valence-electron chi connectivity index (χ4n) is 2.52. The molecule has 0 fully saturated rings. The Kier molecular flexibility index (Phi) is 5.96. The van der Waals surface area contributed by atoms with E-state index in [1.54, 1.807) is 24.3 Å². The Hall–Kier alpha value is -1.92. The minimum absolute atomic E-state index is 0.0401. The third-order valence-corrected chi connectivity index (χ3v) is 4.17. The zero-order valence-electron chi connectivity index (χ0n) is 12.9. The van der Waals surface area contributed by atoms with Crippen LogP contribution >= 0.6 is 7.75 Å². The SMILES string of the molecule is O=P(O)(O)N=C1C=CC(O)=CC1C(O)CCCc1ccc(O)cc1. The molecule has 0 amide bonds. The van der Waals surface area contributed by atoms with Crippen molar-refractivity contribution < 1.29 is 29.7 Å². The lowest BCUT2D eigenvalue weighted by Crippen LogP contribution is -2.27. The first-order valence-corrected chi connectivity index (χ1v) is 9.01. The highest BCUT2D eigenvalue weighted by molar-refractivity contribution is 7.50. The normalized spacial score (nSPS) is 20.9. The van der Waals surface area contributed by atoms with Crippen molar-refractivity contribution in [3.8, 4) is 5.75 Å². The number of rotatable bonds is 6. The molecule has 2 atom stereocenters. The number of phenols is 1. The molecule has 0 saturated carbocycles. The van der Waals surface area contributed by atoms with E-state index < -0.39 is 19.8 Å². The molecule has 1 aromatic carbocycles. The maximum absolute atomic E-state index is 11.1. The molecule has 0 saturated heterocycles. The van der Waals surface area contributed by atoms with Gasteiger partial charge in [0.25, 0.3) is 0 Å². The van der Waals surface area contributed by atoms with Crippen LogP contribution in [0, 0.1) is 5.92 Å². The molecule has 8 heteroatoms. The Morgan fingerprint density at radius 3 is 2.42 bits per heavy atom. The average Bonchev–Trinajstić information content (AvgIpc) is 2.49. The number of nitrogens with zero attached hydrogens (tertiary/aromatic N) is 1. The van der Waals surface area contributed by atoms with Crippen molar-refractivity contribution in [2.75, 3.05) is 0 Å². The summed E-state index contributed by atoms with van der Waals surface area (Å²) in [6.45, 7) is 0. The molecule has 1 aliphatic rings. The van der Waals surface area contributed by atoms with Crippen LogP contribution in [0.5, 0.6) is 5.75 Å². The van der Waals surface area contributed by atoms with Crippen molar-refractivity contribution in [3.05, 3.63) is 53.8 Å². The van der Waals surface area contributed by atoms with Gasteiger partial charge in [0.15, 0.2) is 0 Å². The summed E-state index contributed by atoms with van der Waals surface area (Å²) >= 11 is 0. The number of hydrogen-bond donors (Lipinski definition) is 5. The van der Waals surface area contributed by atoms with Crippen LogP contribution in [0.4, 0.5) is 0 Å². The van der Waals surface area contributed by atoms with Crippen LogP contribution in [0.25, 0.3) is 0 Å². The standard InChI is InChI=1S/C16H20NO6P/c18-12-6-4-11(5-7-12)2-1-3-16(20)14-10-13(19)8-9-15(14)17-24(21,22)23/h4-10,14,16,18-20H,1-3H2,(H2,21,22,23). The highest BCUT2D eigenvalue weighted by Gasteiger charge is 2.26. The van der Waals surface area contributed by atoms with Crippen LogP contribution in [0.15, 0.2) is 53.0 Å². The van der Waals surface area contributed by atoms with Gasteiger partial charge in [-0.2, -0.15) is 4.76 Å². The van der Waals surface area contributed by atoms with Gasteiger partial charge < -0.3 is 25.1 Å². The molecule has 1 aromatic rings. The smallest absolute Gasteiger partial charge is 0.448 e. The molecular formula is C16H20NO6P. The number of aliphatic hydroxyl groups excluding tert-OH is 2. The second-order valence-electron chi connectivity index (χ2n) is 5.61. The van der Waals surface area contributed by atoms with Crippen LogP contribution in [0.3, 0.4) is 0 Å². The van der Waals surface area contributed by atoms with Gasteiger partial charge in [-0.05, 0) is 55.2 Å². The Balaban J connectivity index is 1.99. The summed E-state index contributed by atoms with van der Waals surface area (Å²) in [6, 6.07) is 6.75. The predicted molar refractivity (Wildman–Crippen MR) is 89.9 cm³/mol. The maximum Gasteiger partial charge on any atom is 0.448 e. The quantitative estimate of drug-likeness (QED) is 0.499. The Labute approximate surface area is 139 Å². The van der Waals surface area contributed by atoms with Crippen molar-refractivity contribution >= 4 is 13.5 Å². The summed E-state index contributed by atoms with van der Waals surface area (Å²) in [7, 11) is -4.62. The van der Waals surface area contributed by atoms with Gasteiger partial charge >= 0.3 is 7.75 Å². The minimum atomic E-state index is -4.62. The predicted octanol–water partition coefficient (Wildman–Crippen LogP) is 2.24. The van der Waals surface area contributed by atoms with Crippen molar-refractivity contribution in [1.82, 2.24) is 0 Å². The van der Waals surface area contributed by atoms with E-state index in [1.165, 1.54) is 18.2 Å². The number of aryl methyl sites for hydroxylation is 1. The molecule has 2 unspecified atom stereocenters. The number of aromatic hydroxyl groups is 1. The first-order chi connectivity index (χ1) is 11.2. The second kappa shape index (κ2) is 7.77. The van der Waals surface area contributed by atoms with Crippen LogP contribution in [-0.4, -0.2) is 36.9 Å². The highest BCUT2D eigenvalue weighted by atomic mass is 31.2. The van der Waals surface area contributed by atoms with Gasteiger partial charge in [0.1, 0.15) is 11.5 Å². The van der Waals surface area contributed by atoms with Gasteiger partial charge in [-0.15, -0.1) is 0 Å². The van der Waals surface area contributed by atoms with Gasteiger partial charge in [0, 0.05) is 5.92 Å². The van der Waals surface area contributed by atoms with Gasteiger partial charge in [-0.1, -0.05) is 12.1 Å². The number of benzene rings is 1. The van der Waals surface area contributed by atoms with Gasteiger partial charge in [0.2, 0.25) is 0 Å². The topological polar surface area (TPSA) is 131 Å². The molecule has 7 nitrogen and oxygen atoms in total. The summed E-state index contributed by atoms with van der Waals surface area (Å²) in [5.74, 6) is -0.670. The van der Waals surface area contributed by atoms with Crippen molar-refractivity contribution in [1.29, 1.82) is 0 Å². The van der Waals surface area contributed by atoms with Crippen molar-refractivity contribution in [2.45, 2.75) is 25.4 Å². The Morgan fingerprint density at radius 2 is 1.79 bits per heavy atom. The number of aliphatic hydroxyl groups is 2. The van der Waals surface area contributed by atoms with Gasteiger partial charge in [0.05, 0.1) is 11.8 Å². The van der Waals surface area contributed by atoms with E-state index in [9.17, 15) is 19.9 Å². The summed E-state index contributed by atoms with van der Waals surface area (Å²) in [4.78, 5) is 18.0. The molecule has 130 valence electrons. The van der Waals surface area contributed by atoms with E-state index in [-0.39, 0.29) is 17.2 Å². The summed E-state index contributed by atoms with van der Waals surface area (Å²) < 4.78 is 14.4. The maximum atomic E-state index is 11.1. The monoisotopic (exact) mass is 353 g/mol. The molecule has 24 heavy (non-hydrogen) atoms. The number of allylic oxidation sites excluding steroid dienone is 2. The zero-order chi connectivity index (χ0) is 17.7. The molecule has 2 rings (SSSR count). The summed E-state index contributed by atoms with van der Waals surface area (Å²) in [5, 5.41) is 29.1. The molecule has 0 aliphatic heterocycles. The highest BCUT2D eigenvalue weighted by Crippen LogP contribution is 2.38.